The average molecular weight is 257 g/mol. The molecule has 2 rings (SSSR count). The van der Waals surface area contributed by atoms with Crippen molar-refractivity contribution in [1.29, 1.82) is 0 Å². The lowest BCUT2D eigenvalue weighted by atomic mass is 10.1. The Labute approximate surface area is 113 Å². The van der Waals surface area contributed by atoms with Crippen LogP contribution in [0.15, 0.2) is 42.5 Å². The Balaban J connectivity index is 2.13. The quantitative estimate of drug-likeness (QED) is 0.883. The zero-order valence-corrected chi connectivity index (χ0v) is 11.3. The second-order valence-corrected chi connectivity index (χ2v) is 4.79. The number of rotatable bonds is 4. The third-order valence-corrected chi connectivity index (χ3v) is 2.99. The number of benzene rings is 2. The molecule has 2 aromatic carbocycles. The molecule has 0 aliphatic carbocycles. The fraction of sp³-hybridized carbons (Fsp3) is 0.250. The maximum absolute atomic E-state index is 9.23. The Morgan fingerprint density at radius 3 is 2.47 bits per heavy atom. The summed E-state index contributed by atoms with van der Waals surface area (Å²) in [4.78, 5) is 0. The summed E-state index contributed by atoms with van der Waals surface area (Å²) in [5.41, 5.74) is 9.15. The third-order valence-electron chi connectivity index (χ3n) is 2.99. The van der Waals surface area contributed by atoms with Gasteiger partial charge < -0.3 is 15.6 Å². The second kappa shape index (κ2) is 5.76. The highest BCUT2D eigenvalue weighted by Gasteiger charge is 2.08. The Kier molecular flexibility index (Phi) is 4.07. The molecule has 0 aliphatic heterocycles. The topological polar surface area (TPSA) is 55.5 Å². The standard InChI is InChI=1S/C16H19NO2/c1-11-3-8-16(15(9-11)12(2)17)19-10-13-4-6-14(18)7-5-13/h3-9,12,18H,10,17H2,1-2H3. The van der Waals surface area contributed by atoms with Crippen LogP contribution in [0.25, 0.3) is 0 Å². The van der Waals surface area contributed by atoms with Crippen molar-refractivity contribution in [1.82, 2.24) is 0 Å². The highest BCUT2D eigenvalue weighted by atomic mass is 16.5. The molecule has 3 N–H and O–H groups in total. The highest BCUT2D eigenvalue weighted by Crippen LogP contribution is 2.26. The highest BCUT2D eigenvalue weighted by molar-refractivity contribution is 5.39. The number of aromatic hydroxyl groups is 1. The number of hydrogen-bond donors (Lipinski definition) is 2. The van der Waals surface area contributed by atoms with E-state index in [9.17, 15) is 5.11 Å². The van der Waals surface area contributed by atoms with Gasteiger partial charge in [0.25, 0.3) is 0 Å². The summed E-state index contributed by atoms with van der Waals surface area (Å²) in [7, 11) is 0. The molecule has 3 nitrogen and oxygen atoms in total. The predicted molar refractivity (Wildman–Crippen MR) is 76.2 cm³/mol. The van der Waals surface area contributed by atoms with Gasteiger partial charge in [-0.05, 0) is 37.6 Å². The first-order chi connectivity index (χ1) is 9.06. The van der Waals surface area contributed by atoms with Crippen molar-refractivity contribution in [2.24, 2.45) is 5.73 Å². The van der Waals surface area contributed by atoms with E-state index < -0.39 is 0 Å². The van der Waals surface area contributed by atoms with Crippen molar-refractivity contribution in [3.05, 3.63) is 59.2 Å². The van der Waals surface area contributed by atoms with E-state index in [0.717, 1.165) is 16.9 Å². The lowest BCUT2D eigenvalue weighted by molar-refractivity contribution is 0.301. The molecule has 0 radical (unpaired) electrons. The van der Waals surface area contributed by atoms with E-state index in [0.29, 0.717) is 6.61 Å². The van der Waals surface area contributed by atoms with Crippen LogP contribution in [0, 0.1) is 6.92 Å². The third kappa shape index (κ3) is 3.48. The molecule has 0 saturated carbocycles. The largest absolute Gasteiger partial charge is 0.508 e. The first kappa shape index (κ1) is 13.4. The minimum Gasteiger partial charge on any atom is -0.508 e. The van der Waals surface area contributed by atoms with Gasteiger partial charge >= 0.3 is 0 Å². The summed E-state index contributed by atoms with van der Waals surface area (Å²) in [6.45, 7) is 4.45. The molecule has 3 heteroatoms. The summed E-state index contributed by atoms with van der Waals surface area (Å²) in [6, 6.07) is 12.9. The number of hydrogen-bond acceptors (Lipinski definition) is 3. The van der Waals surface area contributed by atoms with Crippen molar-refractivity contribution in [2.45, 2.75) is 26.5 Å². The number of phenolic OH excluding ortho intramolecular Hbond substituents is 1. The van der Waals surface area contributed by atoms with Crippen molar-refractivity contribution in [3.8, 4) is 11.5 Å². The number of aryl methyl sites for hydroxylation is 1. The Morgan fingerprint density at radius 2 is 1.84 bits per heavy atom. The van der Waals surface area contributed by atoms with Gasteiger partial charge in [-0.25, -0.2) is 0 Å². The predicted octanol–water partition coefficient (Wildman–Crippen LogP) is 3.30. The SMILES string of the molecule is Cc1ccc(OCc2ccc(O)cc2)c(C(C)N)c1. The van der Waals surface area contributed by atoms with Crippen molar-refractivity contribution >= 4 is 0 Å². The Bertz CT molecular complexity index is 547. The molecule has 0 fully saturated rings. The van der Waals surface area contributed by atoms with Gasteiger partial charge in [0.1, 0.15) is 18.1 Å². The first-order valence-corrected chi connectivity index (χ1v) is 6.33. The average Bonchev–Trinajstić information content (AvgIpc) is 2.39. The van der Waals surface area contributed by atoms with Gasteiger partial charge in [-0.15, -0.1) is 0 Å². The number of nitrogens with two attached hydrogens (primary N) is 1. The van der Waals surface area contributed by atoms with Crippen molar-refractivity contribution in [3.63, 3.8) is 0 Å². The van der Waals surface area contributed by atoms with Crippen LogP contribution in [0.3, 0.4) is 0 Å². The summed E-state index contributed by atoms with van der Waals surface area (Å²) in [6.07, 6.45) is 0. The fourth-order valence-electron chi connectivity index (χ4n) is 1.91. The number of phenols is 1. The molecule has 0 aliphatic rings. The van der Waals surface area contributed by atoms with Crippen LogP contribution >= 0.6 is 0 Å². The van der Waals surface area contributed by atoms with Gasteiger partial charge in [0.15, 0.2) is 0 Å². The van der Waals surface area contributed by atoms with Crippen molar-refractivity contribution in [2.75, 3.05) is 0 Å². The molecule has 0 spiro atoms. The normalized spacial score (nSPS) is 12.2. The number of ether oxygens (including phenoxy) is 1. The Morgan fingerprint density at radius 1 is 1.16 bits per heavy atom. The van der Waals surface area contributed by atoms with Gasteiger partial charge in [0, 0.05) is 11.6 Å². The van der Waals surface area contributed by atoms with Crippen LogP contribution in [0.4, 0.5) is 0 Å². The monoisotopic (exact) mass is 257 g/mol. The van der Waals surface area contributed by atoms with Gasteiger partial charge in [0.05, 0.1) is 0 Å². The smallest absolute Gasteiger partial charge is 0.124 e. The molecule has 0 amide bonds. The van der Waals surface area contributed by atoms with Gasteiger partial charge in [0.2, 0.25) is 0 Å². The van der Waals surface area contributed by atoms with E-state index in [1.165, 1.54) is 5.56 Å². The summed E-state index contributed by atoms with van der Waals surface area (Å²) in [5, 5.41) is 9.23. The van der Waals surface area contributed by atoms with Crippen LogP contribution in [0.5, 0.6) is 11.5 Å². The van der Waals surface area contributed by atoms with E-state index in [1.807, 2.05) is 38.1 Å². The molecule has 0 aromatic heterocycles. The molecule has 2 aromatic rings. The van der Waals surface area contributed by atoms with Crippen LogP contribution < -0.4 is 10.5 Å². The minimum atomic E-state index is -0.0604. The lowest BCUT2D eigenvalue weighted by Crippen LogP contribution is -2.08. The van der Waals surface area contributed by atoms with E-state index >= 15 is 0 Å². The molecule has 1 atom stereocenters. The first-order valence-electron chi connectivity index (χ1n) is 6.33. The molecule has 0 bridgehead atoms. The molecule has 1 unspecified atom stereocenters. The van der Waals surface area contributed by atoms with Crippen LogP contribution in [0.2, 0.25) is 0 Å². The lowest BCUT2D eigenvalue weighted by Gasteiger charge is -2.15. The molecule has 0 heterocycles. The van der Waals surface area contributed by atoms with Crippen LogP contribution in [-0.4, -0.2) is 5.11 Å². The Hall–Kier alpha value is -2.00. The van der Waals surface area contributed by atoms with E-state index in [4.69, 9.17) is 10.5 Å². The van der Waals surface area contributed by atoms with E-state index in [2.05, 4.69) is 6.07 Å². The minimum absolute atomic E-state index is 0.0604. The van der Waals surface area contributed by atoms with Gasteiger partial charge in [-0.1, -0.05) is 29.8 Å². The van der Waals surface area contributed by atoms with Crippen LogP contribution in [-0.2, 0) is 6.61 Å². The van der Waals surface area contributed by atoms with Crippen LogP contribution in [0.1, 0.15) is 29.7 Å². The fourth-order valence-corrected chi connectivity index (χ4v) is 1.91. The van der Waals surface area contributed by atoms with Crippen molar-refractivity contribution < 1.29 is 9.84 Å². The van der Waals surface area contributed by atoms with Gasteiger partial charge in [-0.2, -0.15) is 0 Å². The maximum atomic E-state index is 9.23. The molecular formula is C16H19NO2. The van der Waals surface area contributed by atoms with E-state index in [-0.39, 0.29) is 11.8 Å². The van der Waals surface area contributed by atoms with Gasteiger partial charge in [-0.3, -0.25) is 0 Å². The molecule has 0 saturated heterocycles. The second-order valence-electron chi connectivity index (χ2n) is 4.79. The van der Waals surface area contributed by atoms with E-state index in [1.54, 1.807) is 12.1 Å². The molecule has 19 heavy (non-hydrogen) atoms. The molecule has 100 valence electrons. The zero-order valence-electron chi connectivity index (χ0n) is 11.3. The summed E-state index contributed by atoms with van der Waals surface area (Å²) < 4.78 is 5.82. The molecular weight excluding hydrogens is 238 g/mol. The maximum Gasteiger partial charge on any atom is 0.124 e. The summed E-state index contributed by atoms with van der Waals surface area (Å²) >= 11 is 0. The zero-order chi connectivity index (χ0) is 13.8. The summed E-state index contributed by atoms with van der Waals surface area (Å²) in [5.74, 6) is 1.07.